The van der Waals surface area contributed by atoms with Gasteiger partial charge in [0.25, 0.3) is 0 Å². The van der Waals surface area contributed by atoms with Crippen LogP contribution >= 0.6 is 0 Å². The van der Waals surface area contributed by atoms with Gasteiger partial charge in [-0.05, 0) is 12.8 Å². The summed E-state index contributed by atoms with van der Waals surface area (Å²) in [6.45, 7) is 0.471. The fourth-order valence-electron chi connectivity index (χ4n) is 1.87. The third-order valence-electron chi connectivity index (χ3n) is 2.84. The molecule has 1 fully saturated rings. The van der Waals surface area contributed by atoms with Crippen molar-refractivity contribution in [2.75, 3.05) is 6.54 Å². The quantitative estimate of drug-likeness (QED) is 0.668. The zero-order valence-corrected chi connectivity index (χ0v) is 9.76. The Morgan fingerprint density at radius 1 is 1.50 bits per heavy atom. The van der Waals surface area contributed by atoms with Crippen molar-refractivity contribution in [2.45, 2.75) is 31.5 Å². The summed E-state index contributed by atoms with van der Waals surface area (Å²) in [6.07, 6.45) is 3.26. The molecule has 2 heterocycles. The van der Waals surface area contributed by atoms with E-state index in [1.165, 1.54) is 0 Å². The van der Waals surface area contributed by atoms with E-state index in [4.69, 9.17) is 9.84 Å². The van der Waals surface area contributed by atoms with E-state index in [1.54, 1.807) is 12.5 Å². The first kappa shape index (κ1) is 12.6. The largest absolute Gasteiger partial charge is 0.479 e. The SMILES string of the molecule is O=C(O)C1CCC(C(=O)NCCc2cnc[nH]2)O1. The minimum absolute atomic E-state index is 0.252. The van der Waals surface area contributed by atoms with Crippen molar-refractivity contribution < 1.29 is 19.4 Å². The first-order chi connectivity index (χ1) is 8.66. The topological polar surface area (TPSA) is 104 Å². The number of carboxylic acids is 1. The van der Waals surface area contributed by atoms with Gasteiger partial charge in [0.15, 0.2) is 6.10 Å². The van der Waals surface area contributed by atoms with Gasteiger partial charge < -0.3 is 20.1 Å². The number of hydrogen-bond acceptors (Lipinski definition) is 4. The predicted octanol–water partition coefficient (Wildman–Crippen LogP) is -0.299. The van der Waals surface area contributed by atoms with Crippen LogP contribution in [0.25, 0.3) is 0 Å². The molecular weight excluding hydrogens is 238 g/mol. The maximum Gasteiger partial charge on any atom is 0.332 e. The van der Waals surface area contributed by atoms with Crippen molar-refractivity contribution >= 4 is 11.9 Å². The third kappa shape index (κ3) is 3.07. The molecule has 3 N–H and O–H groups in total. The lowest BCUT2D eigenvalue weighted by atomic mass is 10.2. The zero-order chi connectivity index (χ0) is 13.0. The zero-order valence-electron chi connectivity index (χ0n) is 9.76. The lowest BCUT2D eigenvalue weighted by Gasteiger charge is -2.11. The van der Waals surface area contributed by atoms with Gasteiger partial charge in [-0.3, -0.25) is 4.79 Å². The smallest absolute Gasteiger partial charge is 0.332 e. The van der Waals surface area contributed by atoms with E-state index in [2.05, 4.69) is 15.3 Å². The molecule has 1 aliphatic heterocycles. The molecule has 2 unspecified atom stereocenters. The second-order valence-corrected chi connectivity index (χ2v) is 4.15. The molecule has 7 nitrogen and oxygen atoms in total. The molecule has 1 saturated heterocycles. The third-order valence-corrected chi connectivity index (χ3v) is 2.84. The summed E-state index contributed by atoms with van der Waals surface area (Å²) >= 11 is 0. The van der Waals surface area contributed by atoms with Crippen molar-refractivity contribution in [3.05, 3.63) is 18.2 Å². The van der Waals surface area contributed by atoms with Gasteiger partial charge in [-0.2, -0.15) is 0 Å². The van der Waals surface area contributed by atoms with Crippen LogP contribution in [0.4, 0.5) is 0 Å². The molecule has 98 valence electrons. The normalized spacial score (nSPS) is 22.9. The molecule has 18 heavy (non-hydrogen) atoms. The second-order valence-electron chi connectivity index (χ2n) is 4.15. The van der Waals surface area contributed by atoms with Crippen molar-refractivity contribution in [1.82, 2.24) is 15.3 Å². The van der Waals surface area contributed by atoms with Crippen molar-refractivity contribution in [3.63, 3.8) is 0 Å². The Balaban J connectivity index is 1.71. The summed E-state index contributed by atoms with van der Waals surface area (Å²) in [5.74, 6) is -1.26. The maximum atomic E-state index is 11.7. The molecule has 7 heteroatoms. The number of aromatic amines is 1. The minimum Gasteiger partial charge on any atom is -0.479 e. The molecule has 0 aromatic carbocycles. The standard InChI is InChI=1S/C11H15N3O4/c15-10(8-1-2-9(18-8)11(16)17)13-4-3-7-5-12-6-14-7/h5-6,8-9H,1-4H2,(H,12,14)(H,13,15)(H,16,17). The highest BCUT2D eigenvalue weighted by Crippen LogP contribution is 2.19. The number of ether oxygens (including phenoxy) is 1. The number of amides is 1. The van der Waals surface area contributed by atoms with Crippen LogP contribution in [0.5, 0.6) is 0 Å². The Labute approximate surface area is 104 Å². The number of H-pyrrole nitrogens is 1. The Bertz CT molecular complexity index is 418. The molecule has 1 aromatic rings. The highest BCUT2D eigenvalue weighted by molar-refractivity contribution is 5.82. The summed E-state index contributed by atoms with van der Waals surface area (Å²) in [4.78, 5) is 29.2. The highest BCUT2D eigenvalue weighted by atomic mass is 16.5. The number of imidazole rings is 1. The van der Waals surface area contributed by atoms with Crippen LogP contribution in [0.3, 0.4) is 0 Å². The summed E-state index contributed by atoms with van der Waals surface area (Å²) in [5.41, 5.74) is 0.936. The van der Waals surface area contributed by atoms with Crippen molar-refractivity contribution in [1.29, 1.82) is 0 Å². The maximum absolute atomic E-state index is 11.7. The molecule has 2 atom stereocenters. The van der Waals surface area contributed by atoms with Crippen LogP contribution in [0, 0.1) is 0 Å². The van der Waals surface area contributed by atoms with E-state index in [0.717, 1.165) is 5.69 Å². The molecule has 0 bridgehead atoms. The van der Waals surface area contributed by atoms with Gasteiger partial charge in [0.1, 0.15) is 6.10 Å². The number of aliphatic carboxylic acids is 1. The highest BCUT2D eigenvalue weighted by Gasteiger charge is 2.34. The van der Waals surface area contributed by atoms with E-state index in [-0.39, 0.29) is 5.91 Å². The molecular formula is C11H15N3O4. The van der Waals surface area contributed by atoms with E-state index >= 15 is 0 Å². The molecule has 1 amide bonds. The van der Waals surface area contributed by atoms with Crippen LogP contribution in [-0.4, -0.2) is 45.7 Å². The van der Waals surface area contributed by atoms with Gasteiger partial charge >= 0.3 is 5.97 Å². The van der Waals surface area contributed by atoms with Crippen LogP contribution in [0.2, 0.25) is 0 Å². The van der Waals surface area contributed by atoms with Crippen molar-refractivity contribution in [2.24, 2.45) is 0 Å². The number of nitrogens with one attached hydrogen (secondary N) is 2. The Hall–Kier alpha value is -1.89. The van der Waals surface area contributed by atoms with Gasteiger partial charge in [-0.15, -0.1) is 0 Å². The van der Waals surface area contributed by atoms with E-state index in [1.807, 2.05) is 0 Å². The Kier molecular flexibility index (Phi) is 3.93. The monoisotopic (exact) mass is 253 g/mol. The Morgan fingerprint density at radius 2 is 2.28 bits per heavy atom. The second kappa shape index (κ2) is 5.63. The van der Waals surface area contributed by atoms with Gasteiger partial charge in [-0.1, -0.05) is 0 Å². The van der Waals surface area contributed by atoms with Crippen LogP contribution in [0.1, 0.15) is 18.5 Å². The number of carbonyl (C=O) groups excluding carboxylic acids is 1. The van der Waals surface area contributed by atoms with Gasteiger partial charge in [0.05, 0.1) is 6.33 Å². The summed E-state index contributed by atoms with van der Waals surface area (Å²) < 4.78 is 5.14. The number of rotatable bonds is 5. The average molecular weight is 253 g/mol. The average Bonchev–Trinajstić information content (AvgIpc) is 2.99. The predicted molar refractivity (Wildman–Crippen MR) is 60.8 cm³/mol. The fraction of sp³-hybridized carbons (Fsp3) is 0.545. The molecule has 0 saturated carbocycles. The fourth-order valence-corrected chi connectivity index (χ4v) is 1.87. The van der Waals surface area contributed by atoms with Gasteiger partial charge in [0, 0.05) is 24.9 Å². The van der Waals surface area contributed by atoms with Crippen LogP contribution < -0.4 is 5.32 Å². The number of carboxylic acid groups (broad SMARTS) is 1. The summed E-state index contributed by atoms with van der Waals surface area (Å²) in [7, 11) is 0. The lowest BCUT2D eigenvalue weighted by Crippen LogP contribution is -2.36. The molecule has 0 aliphatic carbocycles. The number of carbonyl (C=O) groups is 2. The van der Waals surface area contributed by atoms with Crippen LogP contribution in [-0.2, 0) is 20.7 Å². The molecule has 1 aromatic heterocycles. The molecule has 0 spiro atoms. The van der Waals surface area contributed by atoms with Gasteiger partial charge in [0.2, 0.25) is 5.91 Å². The first-order valence-electron chi connectivity index (χ1n) is 5.80. The summed E-state index contributed by atoms with van der Waals surface area (Å²) in [6, 6.07) is 0. The van der Waals surface area contributed by atoms with Crippen molar-refractivity contribution in [3.8, 4) is 0 Å². The van der Waals surface area contributed by atoms with Crippen LogP contribution in [0.15, 0.2) is 12.5 Å². The molecule has 0 radical (unpaired) electrons. The number of nitrogens with zero attached hydrogens (tertiary/aromatic N) is 1. The minimum atomic E-state index is -1.01. The number of hydrogen-bond donors (Lipinski definition) is 3. The van der Waals surface area contributed by atoms with E-state index in [9.17, 15) is 9.59 Å². The molecule has 1 aliphatic rings. The van der Waals surface area contributed by atoms with Gasteiger partial charge in [-0.25, -0.2) is 9.78 Å². The lowest BCUT2D eigenvalue weighted by molar-refractivity contribution is -0.151. The Morgan fingerprint density at radius 3 is 2.89 bits per heavy atom. The van der Waals surface area contributed by atoms with E-state index in [0.29, 0.717) is 25.8 Å². The first-order valence-corrected chi connectivity index (χ1v) is 5.80. The molecule has 2 rings (SSSR count). The number of aromatic nitrogens is 2. The van der Waals surface area contributed by atoms with E-state index < -0.39 is 18.2 Å². The summed E-state index contributed by atoms with van der Waals surface area (Å²) in [5, 5.41) is 11.5.